The molecule has 1 N–H and O–H groups in total. The number of hydrogen-bond donors (Lipinski definition) is 1. The van der Waals surface area contributed by atoms with Crippen molar-refractivity contribution >= 4 is 5.78 Å². The van der Waals surface area contributed by atoms with Gasteiger partial charge < -0.3 is 10.1 Å². The van der Waals surface area contributed by atoms with Crippen molar-refractivity contribution in [3.63, 3.8) is 0 Å². The third-order valence-corrected chi connectivity index (χ3v) is 2.50. The van der Waals surface area contributed by atoms with Gasteiger partial charge in [-0.25, -0.2) is 0 Å². The second-order valence-corrected chi connectivity index (χ2v) is 4.03. The van der Waals surface area contributed by atoms with Gasteiger partial charge in [-0.1, -0.05) is 5.21 Å². The monoisotopic (exact) mass is 224 g/mol. The lowest BCUT2D eigenvalue weighted by Gasteiger charge is -2.22. The average Bonchev–Trinajstić information content (AvgIpc) is 2.65. The average molecular weight is 224 g/mol. The molecule has 0 aliphatic carbocycles. The number of Topliss-reactive ketones (excluding diaryl/α,β-unsaturated/α-hetero) is 1. The van der Waals surface area contributed by atoms with E-state index in [0.29, 0.717) is 19.4 Å². The minimum Gasteiger partial charge on any atom is -0.379 e. The Morgan fingerprint density at radius 3 is 3.25 bits per heavy atom. The minimum absolute atomic E-state index is 0.151. The number of ketones is 1. The maximum atomic E-state index is 11.7. The molecule has 1 fully saturated rings. The van der Waals surface area contributed by atoms with Gasteiger partial charge >= 0.3 is 0 Å². The van der Waals surface area contributed by atoms with Gasteiger partial charge in [0.15, 0.2) is 0 Å². The van der Waals surface area contributed by atoms with Crippen LogP contribution in [0.25, 0.3) is 0 Å². The van der Waals surface area contributed by atoms with Gasteiger partial charge in [0.1, 0.15) is 5.78 Å². The van der Waals surface area contributed by atoms with Crippen LogP contribution < -0.4 is 5.32 Å². The molecular formula is C10H16N4O2. The first-order valence-electron chi connectivity index (χ1n) is 5.42. The molecular weight excluding hydrogens is 208 g/mol. The smallest absolute Gasteiger partial charge is 0.140 e. The van der Waals surface area contributed by atoms with Crippen molar-refractivity contribution in [2.75, 3.05) is 19.8 Å². The summed E-state index contributed by atoms with van der Waals surface area (Å²) in [5, 5.41) is 10.9. The van der Waals surface area contributed by atoms with Crippen molar-refractivity contribution in [1.29, 1.82) is 0 Å². The summed E-state index contributed by atoms with van der Waals surface area (Å²) in [4.78, 5) is 11.7. The van der Waals surface area contributed by atoms with E-state index in [9.17, 15) is 4.79 Å². The van der Waals surface area contributed by atoms with E-state index in [0.717, 1.165) is 18.8 Å². The molecule has 1 atom stereocenters. The fourth-order valence-corrected chi connectivity index (χ4v) is 1.78. The van der Waals surface area contributed by atoms with Gasteiger partial charge in [0.05, 0.1) is 25.3 Å². The van der Waals surface area contributed by atoms with Crippen LogP contribution >= 0.6 is 0 Å². The number of nitrogens with zero attached hydrogens (tertiary/aromatic N) is 3. The van der Waals surface area contributed by atoms with Gasteiger partial charge in [-0.2, -0.15) is 0 Å². The fraction of sp³-hybridized carbons (Fsp3) is 0.700. The largest absolute Gasteiger partial charge is 0.379 e. The number of carbonyl (C=O) groups excluding carboxylic acids is 1. The Balaban J connectivity index is 1.79. The molecule has 1 saturated heterocycles. The van der Waals surface area contributed by atoms with Crippen LogP contribution in [0.1, 0.15) is 12.1 Å². The summed E-state index contributed by atoms with van der Waals surface area (Å²) in [6.07, 6.45) is 2.62. The van der Waals surface area contributed by atoms with Gasteiger partial charge in [-0.05, 0) is 0 Å². The van der Waals surface area contributed by atoms with Crippen molar-refractivity contribution < 1.29 is 9.53 Å². The number of rotatable bonds is 4. The topological polar surface area (TPSA) is 69.0 Å². The maximum Gasteiger partial charge on any atom is 0.140 e. The number of aryl methyl sites for hydroxylation is 1. The highest BCUT2D eigenvalue weighted by atomic mass is 16.5. The second kappa shape index (κ2) is 5.18. The van der Waals surface area contributed by atoms with E-state index < -0.39 is 0 Å². The van der Waals surface area contributed by atoms with Crippen molar-refractivity contribution in [1.82, 2.24) is 20.3 Å². The normalized spacial score (nSPS) is 20.9. The Bertz CT molecular complexity index is 357. The summed E-state index contributed by atoms with van der Waals surface area (Å²) in [7, 11) is 1.79. The first-order chi connectivity index (χ1) is 7.74. The summed E-state index contributed by atoms with van der Waals surface area (Å²) in [5.41, 5.74) is 0.726. The summed E-state index contributed by atoms with van der Waals surface area (Å²) >= 11 is 0. The molecule has 1 unspecified atom stereocenters. The molecule has 6 nitrogen and oxygen atoms in total. The zero-order valence-electron chi connectivity index (χ0n) is 9.35. The standard InChI is InChI=1S/C10H16N4O2/c1-14-6-8(12-13-14)4-10(15)5-9-7-16-3-2-11-9/h6,9,11H,2-5,7H2,1H3. The number of hydrogen-bond acceptors (Lipinski definition) is 5. The van der Waals surface area contributed by atoms with Crippen LogP contribution in [-0.4, -0.2) is 46.6 Å². The lowest BCUT2D eigenvalue weighted by atomic mass is 10.1. The highest BCUT2D eigenvalue weighted by Crippen LogP contribution is 2.03. The molecule has 16 heavy (non-hydrogen) atoms. The Morgan fingerprint density at radius 2 is 2.62 bits per heavy atom. The number of morpholine rings is 1. The summed E-state index contributed by atoms with van der Waals surface area (Å²) in [6, 6.07) is 0.151. The van der Waals surface area contributed by atoms with Crippen LogP contribution in [0.3, 0.4) is 0 Å². The zero-order chi connectivity index (χ0) is 11.4. The Kier molecular flexibility index (Phi) is 3.63. The van der Waals surface area contributed by atoms with Gasteiger partial charge in [-0.15, -0.1) is 5.10 Å². The molecule has 88 valence electrons. The Labute approximate surface area is 94.0 Å². The maximum absolute atomic E-state index is 11.7. The van der Waals surface area contributed by atoms with E-state index in [1.165, 1.54) is 0 Å². The van der Waals surface area contributed by atoms with Crippen LogP contribution in [-0.2, 0) is 23.0 Å². The molecule has 1 aliphatic rings. The van der Waals surface area contributed by atoms with Crippen molar-refractivity contribution in [2.45, 2.75) is 18.9 Å². The Morgan fingerprint density at radius 1 is 1.75 bits per heavy atom. The Hall–Kier alpha value is -1.27. The molecule has 1 aliphatic heterocycles. The highest BCUT2D eigenvalue weighted by Gasteiger charge is 2.17. The van der Waals surface area contributed by atoms with E-state index >= 15 is 0 Å². The molecule has 0 spiro atoms. The van der Waals surface area contributed by atoms with E-state index in [1.54, 1.807) is 17.9 Å². The molecule has 2 heterocycles. The van der Waals surface area contributed by atoms with Gasteiger partial charge in [0.2, 0.25) is 0 Å². The molecule has 0 amide bonds. The lowest BCUT2D eigenvalue weighted by molar-refractivity contribution is -0.119. The molecule has 0 saturated carbocycles. The van der Waals surface area contributed by atoms with Gasteiger partial charge in [0, 0.05) is 32.3 Å². The third-order valence-electron chi connectivity index (χ3n) is 2.50. The van der Waals surface area contributed by atoms with Crippen molar-refractivity contribution in [3.05, 3.63) is 11.9 Å². The number of nitrogens with one attached hydrogen (secondary N) is 1. The van der Waals surface area contributed by atoms with Crippen LogP contribution in [0, 0.1) is 0 Å². The number of carbonyl (C=O) groups is 1. The van der Waals surface area contributed by atoms with Crippen LogP contribution in [0.15, 0.2) is 6.20 Å². The van der Waals surface area contributed by atoms with Crippen molar-refractivity contribution in [3.8, 4) is 0 Å². The van der Waals surface area contributed by atoms with E-state index in [1.807, 2.05) is 0 Å². The molecule has 0 aromatic carbocycles. The predicted octanol–water partition coefficient (Wildman–Crippen LogP) is -0.695. The summed E-state index contributed by atoms with van der Waals surface area (Å²) in [5.74, 6) is 0.170. The highest BCUT2D eigenvalue weighted by molar-refractivity contribution is 5.80. The summed E-state index contributed by atoms with van der Waals surface area (Å²) < 4.78 is 6.89. The first kappa shape index (κ1) is 11.2. The quantitative estimate of drug-likeness (QED) is 0.732. The van der Waals surface area contributed by atoms with E-state index in [-0.39, 0.29) is 11.8 Å². The number of ether oxygens (including phenoxy) is 1. The summed E-state index contributed by atoms with van der Waals surface area (Å²) in [6.45, 7) is 2.17. The SMILES string of the molecule is Cn1cc(CC(=O)CC2COCCN2)nn1. The van der Waals surface area contributed by atoms with Crippen LogP contribution in [0.5, 0.6) is 0 Å². The fourth-order valence-electron chi connectivity index (χ4n) is 1.78. The first-order valence-corrected chi connectivity index (χ1v) is 5.42. The molecule has 0 bridgehead atoms. The minimum atomic E-state index is 0.151. The lowest BCUT2D eigenvalue weighted by Crippen LogP contribution is -2.42. The van der Waals surface area contributed by atoms with Gasteiger partial charge in [-0.3, -0.25) is 9.48 Å². The van der Waals surface area contributed by atoms with Crippen LogP contribution in [0.2, 0.25) is 0 Å². The zero-order valence-corrected chi connectivity index (χ0v) is 9.35. The molecule has 0 radical (unpaired) electrons. The van der Waals surface area contributed by atoms with Crippen LogP contribution in [0.4, 0.5) is 0 Å². The van der Waals surface area contributed by atoms with Crippen molar-refractivity contribution in [2.24, 2.45) is 7.05 Å². The third kappa shape index (κ3) is 3.11. The molecule has 2 rings (SSSR count). The predicted molar refractivity (Wildman–Crippen MR) is 56.9 cm³/mol. The second-order valence-electron chi connectivity index (χ2n) is 4.03. The number of aromatic nitrogens is 3. The van der Waals surface area contributed by atoms with Gasteiger partial charge in [0.25, 0.3) is 0 Å². The van der Waals surface area contributed by atoms with E-state index in [2.05, 4.69) is 15.6 Å². The van der Waals surface area contributed by atoms with E-state index in [4.69, 9.17) is 4.74 Å². The molecule has 1 aromatic heterocycles. The molecule has 6 heteroatoms. The molecule has 1 aromatic rings.